The molecule has 0 N–H and O–H groups in total. The Morgan fingerprint density at radius 3 is 2.80 bits per heavy atom. The van der Waals surface area contributed by atoms with E-state index in [1.165, 1.54) is 11.8 Å². The second kappa shape index (κ2) is 4.63. The first-order valence-electron chi connectivity index (χ1n) is 3.02. The summed E-state index contributed by atoms with van der Waals surface area (Å²) in [7, 11) is 0. The molecule has 0 unspecified atom stereocenters. The molecule has 10 heavy (non-hydrogen) atoms. The van der Waals surface area contributed by atoms with E-state index < -0.39 is 0 Å². The molecule has 1 amide bonds. The molecule has 54 valence electrons. The van der Waals surface area contributed by atoms with Gasteiger partial charge in [0.05, 0.1) is 6.54 Å². The molecule has 0 aliphatic heterocycles. The Kier molecular flexibility index (Phi) is 4.06. The molecule has 2 nitrogen and oxygen atoms in total. The Morgan fingerprint density at radius 1 is 1.90 bits per heavy atom. The highest BCUT2D eigenvalue weighted by Crippen LogP contribution is 1.87. The summed E-state index contributed by atoms with van der Waals surface area (Å²) in [5.74, 6) is 2.38. The van der Waals surface area contributed by atoms with Crippen LogP contribution in [0.1, 0.15) is 6.92 Å². The van der Waals surface area contributed by atoms with Crippen molar-refractivity contribution in [3.63, 3.8) is 0 Å². The molecule has 0 aromatic carbocycles. The number of hydrogen-bond donors (Lipinski definition) is 0. The number of carbonyl (C=O) groups excluding carboxylic acids is 1. The van der Waals surface area contributed by atoms with E-state index in [0.29, 0.717) is 13.1 Å². The summed E-state index contributed by atoms with van der Waals surface area (Å²) in [5.41, 5.74) is 0. The zero-order valence-electron chi connectivity index (χ0n) is 6.13. The average molecular weight is 137 g/mol. The highest BCUT2D eigenvalue weighted by atomic mass is 16.2. The maximum Gasteiger partial charge on any atom is 0.220 e. The van der Waals surface area contributed by atoms with Gasteiger partial charge in [-0.15, -0.1) is 13.0 Å². The van der Waals surface area contributed by atoms with Crippen LogP contribution in [0.15, 0.2) is 12.7 Å². The number of amides is 1. The van der Waals surface area contributed by atoms with Crippen LogP contribution in [0, 0.1) is 12.3 Å². The number of hydrogen-bond acceptors (Lipinski definition) is 1. The van der Waals surface area contributed by atoms with Gasteiger partial charge < -0.3 is 4.90 Å². The smallest absolute Gasteiger partial charge is 0.220 e. The summed E-state index contributed by atoms with van der Waals surface area (Å²) < 4.78 is 0. The quantitative estimate of drug-likeness (QED) is 0.413. The third-order valence-corrected chi connectivity index (χ3v) is 1.08. The number of terminal acetylenes is 1. The first kappa shape index (κ1) is 8.77. The second-order valence-corrected chi connectivity index (χ2v) is 1.89. The van der Waals surface area contributed by atoms with Crippen LogP contribution in [-0.4, -0.2) is 23.9 Å². The van der Waals surface area contributed by atoms with Crippen LogP contribution in [0.25, 0.3) is 0 Å². The topological polar surface area (TPSA) is 20.3 Å². The highest BCUT2D eigenvalue weighted by Gasteiger charge is 2.02. The van der Waals surface area contributed by atoms with Crippen molar-refractivity contribution in [2.75, 3.05) is 13.1 Å². The predicted molar refractivity (Wildman–Crippen MR) is 41.3 cm³/mol. The van der Waals surface area contributed by atoms with E-state index >= 15 is 0 Å². The monoisotopic (exact) mass is 137 g/mol. The predicted octanol–water partition coefficient (Wildman–Crippen LogP) is 0.654. The summed E-state index contributed by atoms with van der Waals surface area (Å²) >= 11 is 0. The number of carbonyl (C=O) groups is 1. The van der Waals surface area contributed by atoms with Crippen molar-refractivity contribution in [3.05, 3.63) is 12.7 Å². The van der Waals surface area contributed by atoms with Gasteiger partial charge in [-0.1, -0.05) is 12.0 Å². The first-order valence-corrected chi connectivity index (χ1v) is 3.02. The zero-order valence-corrected chi connectivity index (χ0v) is 6.13. The average Bonchev–Trinajstić information content (AvgIpc) is 1.87. The molecule has 0 heterocycles. The van der Waals surface area contributed by atoms with E-state index in [4.69, 9.17) is 6.42 Å². The molecule has 0 bridgehead atoms. The Labute approximate surface area is 61.5 Å². The van der Waals surface area contributed by atoms with E-state index in [1.54, 1.807) is 6.08 Å². The van der Waals surface area contributed by atoms with Crippen molar-refractivity contribution in [1.82, 2.24) is 4.90 Å². The fourth-order valence-electron chi connectivity index (χ4n) is 0.570. The molecule has 0 saturated heterocycles. The van der Waals surface area contributed by atoms with Gasteiger partial charge in [-0.25, -0.2) is 0 Å². The number of nitrogens with zero attached hydrogens (tertiary/aromatic N) is 1. The molecule has 2 heteroatoms. The molecule has 0 aliphatic carbocycles. The fourth-order valence-corrected chi connectivity index (χ4v) is 0.570. The minimum Gasteiger partial charge on any atom is -0.328 e. The van der Waals surface area contributed by atoms with Crippen molar-refractivity contribution in [3.8, 4) is 12.3 Å². The SMILES string of the molecule is C#CCN(CC=C)C(C)=O. The third kappa shape index (κ3) is 2.93. The van der Waals surface area contributed by atoms with Crippen molar-refractivity contribution < 1.29 is 4.79 Å². The summed E-state index contributed by atoms with van der Waals surface area (Å²) in [6.45, 7) is 5.88. The Bertz CT molecular complexity index is 167. The van der Waals surface area contributed by atoms with Gasteiger partial charge in [0.1, 0.15) is 0 Å². The Hall–Kier alpha value is -1.23. The Balaban J connectivity index is 3.86. The molecule has 0 fully saturated rings. The first-order chi connectivity index (χ1) is 4.72. The van der Waals surface area contributed by atoms with Crippen LogP contribution < -0.4 is 0 Å². The lowest BCUT2D eigenvalue weighted by molar-refractivity contribution is -0.127. The van der Waals surface area contributed by atoms with Gasteiger partial charge in [-0.2, -0.15) is 0 Å². The Morgan fingerprint density at radius 2 is 2.50 bits per heavy atom. The minimum absolute atomic E-state index is 0.0159. The summed E-state index contributed by atoms with van der Waals surface area (Å²) in [5, 5.41) is 0. The molecule has 0 spiro atoms. The molecule has 0 rings (SSSR count). The third-order valence-electron chi connectivity index (χ3n) is 1.08. The second-order valence-electron chi connectivity index (χ2n) is 1.89. The van der Waals surface area contributed by atoms with Crippen molar-refractivity contribution >= 4 is 5.91 Å². The van der Waals surface area contributed by atoms with Crippen LogP contribution in [-0.2, 0) is 4.79 Å². The molecular formula is C8H11NO. The summed E-state index contributed by atoms with van der Waals surface area (Å²) in [6, 6.07) is 0. The van der Waals surface area contributed by atoms with E-state index in [1.807, 2.05) is 0 Å². The fraction of sp³-hybridized carbons (Fsp3) is 0.375. The molecule has 0 aromatic rings. The van der Waals surface area contributed by atoms with Gasteiger partial charge in [0, 0.05) is 13.5 Å². The molecule has 0 saturated carbocycles. The van der Waals surface area contributed by atoms with Crippen LogP contribution in [0.3, 0.4) is 0 Å². The van der Waals surface area contributed by atoms with Crippen LogP contribution in [0.4, 0.5) is 0 Å². The molecule has 0 aliphatic rings. The van der Waals surface area contributed by atoms with Gasteiger partial charge in [0.25, 0.3) is 0 Å². The van der Waals surface area contributed by atoms with Crippen molar-refractivity contribution in [1.29, 1.82) is 0 Å². The van der Waals surface area contributed by atoms with E-state index in [0.717, 1.165) is 0 Å². The largest absolute Gasteiger partial charge is 0.328 e. The lowest BCUT2D eigenvalue weighted by Crippen LogP contribution is -2.28. The molecular weight excluding hydrogens is 126 g/mol. The summed E-state index contributed by atoms with van der Waals surface area (Å²) in [4.78, 5) is 12.2. The van der Waals surface area contributed by atoms with Gasteiger partial charge in [-0.3, -0.25) is 4.79 Å². The van der Waals surface area contributed by atoms with E-state index in [9.17, 15) is 4.79 Å². The molecule has 0 radical (unpaired) electrons. The standard InChI is InChI=1S/C8H11NO/c1-4-6-9(7-5-2)8(3)10/h1,5H,2,6-7H2,3H3. The van der Waals surface area contributed by atoms with Gasteiger partial charge in [-0.05, 0) is 0 Å². The minimum atomic E-state index is -0.0159. The lowest BCUT2D eigenvalue weighted by atomic mass is 10.4. The van der Waals surface area contributed by atoms with Crippen molar-refractivity contribution in [2.24, 2.45) is 0 Å². The van der Waals surface area contributed by atoms with E-state index in [-0.39, 0.29) is 5.91 Å². The normalized spacial score (nSPS) is 8.00. The summed E-state index contributed by atoms with van der Waals surface area (Å²) in [6.07, 6.45) is 6.67. The van der Waals surface area contributed by atoms with Crippen LogP contribution >= 0.6 is 0 Å². The number of rotatable bonds is 3. The molecule has 0 atom stereocenters. The van der Waals surface area contributed by atoms with E-state index in [2.05, 4.69) is 12.5 Å². The van der Waals surface area contributed by atoms with Gasteiger partial charge in [0.15, 0.2) is 0 Å². The van der Waals surface area contributed by atoms with Gasteiger partial charge >= 0.3 is 0 Å². The molecule has 0 aromatic heterocycles. The zero-order chi connectivity index (χ0) is 7.98. The van der Waals surface area contributed by atoms with Crippen LogP contribution in [0.2, 0.25) is 0 Å². The maximum atomic E-state index is 10.7. The van der Waals surface area contributed by atoms with Gasteiger partial charge in [0.2, 0.25) is 5.91 Å². The van der Waals surface area contributed by atoms with Crippen molar-refractivity contribution in [2.45, 2.75) is 6.92 Å². The maximum absolute atomic E-state index is 10.7. The lowest BCUT2D eigenvalue weighted by Gasteiger charge is -2.14. The highest BCUT2D eigenvalue weighted by molar-refractivity contribution is 5.73. The van der Waals surface area contributed by atoms with Crippen LogP contribution in [0.5, 0.6) is 0 Å².